The zero-order chi connectivity index (χ0) is 16.2. The van der Waals surface area contributed by atoms with E-state index in [9.17, 15) is 18.0 Å². The predicted molar refractivity (Wildman–Crippen MR) is 71.1 cm³/mol. The van der Waals surface area contributed by atoms with Crippen molar-refractivity contribution in [1.82, 2.24) is 9.97 Å². The van der Waals surface area contributed by atoms with Crippen LogP contribution >= 0.6 is 0 Å². The Hall–Kier alpha value is -2.77. The average Bonchev–Trinajstić information content (AvgIpc) is 2.52. The lowest BCUT2D eigenvalue weighted by molar-refractivity contribution is -0.137. The van der Waals surface area contributed by atoms with Crippen molar-refractivity contribution in [3.05, 3.63) is 59.7 Å². The fourth-order valence-electron chi connectivity index (χ4n) is 1.52. The minimum Gasteiger partial charge on any atom is -0.312 e. The zero-order valence-corrected chi connectivity index (χ0v) is 11.3. The van der Waals surface area contributed by atoms with Gasteiger partial charge in [-0.15, -0.1) is 0 Å². The van der Waals surface area contributed by atoms with Gasteiger partial charge in [-0.05, 0) is 25.1 Å². The molecule has 8 heteroatoms. The van der Waals surface area contributed by atoms with E-state index in [1.807, 2.05) is 0 Å². The summed E-state index contributed by atoms with van der Waals surface area (Å²) in [7, 11) is 0. The van der Waals surface area contributed by atoms with Gasteiger partial charge in [-0.1, -0.05) is 11.2 Å². The molecule has 0 spiro atoms. The van der Waals surface area contributed by atoms with Crippen molar-refractivity contribution in [1.29, 1.82) is 0 Å². The molecule has 0 amide bonds. The molecule has 1 aromatic heterocycles. The number of carbonyl (C=O) groups excluding carboxylic acids is 1. The van der Waals surface area contributed by atoms with Crippen LogP contribution in [0.15, 0.2) is 48.0 Å². The van der Waals surface area contributed by atoms with E-state index in [0.29, 0.717) is 11.8 Å². The number of nitrogens with zero attached hydrogens (tertiary/aromatic N) is 3. The summed E-state index contributed by atoms with van der Waals surface area (Å²) in [4.78, 5) is 24.1. The van der Waals surface area contributed by atoms with Gasteiger partial charge in [0.2, 0.25) is 0 Å². The number of rotatable bonds is 3. The maximum Gasteiger partial charge on any atom is 0.416 e. The highest BCUT2D eigenvalue weighted by atomic mass is 19.4. The van der Waals surface area contributed by atoms with E-state index in [1.54, 1.807) is 0 Å². The average molecular weight is 309 g/mol. The van der Waals surface area contributed by atoms with Crippen LogP contribution in [-0.4, -0.2) is 21.6 Å². The lowest BCUT2D eigenvalue weighted by Gasteiger charge is -2.07. The molecule has 0 saturated carbocycles. The Bertz CT molecular complexity index is 700. The maximum absolute atomic E-state index is 12.6. The number of halogens is 3. The Balaban J connectivity index is 2.13. The molecule has 114 valence electrons. The largest absolute Gasteiger partial charge is 0.416 e. The van der Waals surface area contributed by atoms with E-state index in [1.165, 1.54) is 31.6 Å². The predicted octanol–water partition coefficient (Wildman–Crippen LogP) is 3.08. The van der Waals surface area contributed by atoms with E-state index in [4.69, 9.17) is 0 Å². The highest BCUT2D eigenvalue weighted by Gasteiger charge is 2.31. The van der Waals surface area contributed by atoms with Crippen molar-refractivity contribution in [2.24, 2.45) is 5.16 Å². The Kier molecular flexibility index (Phi) is 4.50. The van der Waals surface area contributed by atoms with Gasteiger partial charge in [0.25, 0.3) is 0 Å². The van der Waals surface area contributed by atoms with Crippen molar-refractivity contribution >= 4 is 11.7 Å². The van der Waals surface area contributed by atoms with Gasteiger partial charge < -0.3 is 4.84 Å². The number of alkyl halides is 3. The van der Waals surface area contributed by atoms with E-state index >= 15 is 0 Å². The molecule has 0 N–H and O–H groups in total. The fourth-order valence-corrected chi connectivity index (χ4v) is 1.52. The van der Waals surface area contributed by atoms with E-state index in [0.717, 1.165) is 12.1 Å². The van der Waals surface area contributed by atoms with Crippen LogP contribution in [-0.2, 0) is 11.0 Å². The fraction of sp³-hybridized carbons (Fsp3) is 0.143. The Morgan fingerprint density at radius 1 is 1.27 bits per heavy atom. The van der Waals surface area contributed by atoms with Gasteiger partial charge >= 0.3 is 12.1 Å². The third kappa shape index (κ3) is 3.87. The van der Waals surface area contributed by atoms with Crippen LogP contribution in [0.1, 0.15) is 28.5 Å². The Morgan fingerprint density at radius 2 is 2.05 bits per heavy atom. The summed E-state index contributed by atoms with van der Waals surface area (Å²) >= 11 is 0. The third-order valence-electron chi connectivity index (χ3n) is 2.62. The SMILES string of the molecule is C/C(=N\OC(=O)c1cccc(C(F)(F)F)c1)c1cnccn1. The summed E-state index contributed by atoms with van der Waals surface area (Å²) in [6.45, 7) is 1.53. The molecule has 22 heavy (non-hydrogen) atoms. The first-order valence-electron chi connectivity index (χ1n) is 6.07. The highest BCUT2D eigenvalue weighted by Crippen LogP contribution is 2.29. The monoisotopic (exact) mass is 309 g/mol. The molecule has 0 bridgehead atoms. The van der Waals surface area contributed by atoms with Gasteiger partial charge in [-0.25, -0.2) is 4.79 Å². The number of hydrogen-bond acceptors (Lipinski definition) is 5. The molecular weight excluding hydrogens is 299 g/mol. The topological polar surface area (TPSA) is 64.4 Å². The number of carbonyl (C=O) groups is 1. The third-order valence-corrected chi connectivity index (χ3v) is 2.62. The van der Waals surface area contributed by atoms with E-state index in [-0.39, 0.29) is 11.3 Å². The summed E-state index contributed by atoms with van der Waals surface area (Å²) in [5.74, 6) is -0.991. The molecule has 0 aliphatic heterocycles. The van der Waals surface area contributed by atoms with Crippen molar-refractivity contribution in [2.75, 3.05) is 0 Å². The molecule has 5 nitrogen and oxygen atoms in total. The quantitative estimate of drug-likeness (QED) is 0.496. The first-order chi connectivity index (χ1) is 10.4. The Morgan fingerprint density at radius 3 is 2.68 bits per heavy atom. The number of oxime groups is 1. The summed E-state index contributed by atoms with van der Waals surface area (Å²) < 4.78 is 37.7. The molecule has 0 aliphatic rings. The van der Waals surface area contributed by atoms with Crippen LogP contribution in [0.5, 0.6) is 0 Å². The summed E-state index contributed by atoms with van der Waals surface area (Å²) in [5.41, 5.74) is -0.519. The van der Waals surface area contributed by atoms with Gasteiger partial charge in [-0.3, -0.25) is 9.97 Å². The molecule has 0 atom stereocenters. The zero-order valence-electron chi connectivity index (χ0n) is 11.3. The second-order valence-corrected chi connectivity index (χ2v) is 4.22. The number of hydrogen-bond donors (Lipinski definition) is 0. The molecule has 0 saturated heterocycles. The molecular formula is C14H10F3N3O2. The second kappa shape index (κ2) is 6.33. The van der Waals surface area contributed by atoms with Crippen LogP contribution in [0.4, 0.5) is 13.2 Å². The number of aromatic nitrogens is 2. The first kappa shape index (κ1) is 15.6. The van der Waals surface area contributed by atoms with Crippen molar-refractivity contribution < 1.29 is 22.8 Å². The molecule has 2 aromatic rings. The van der Waals surface area contributed by atoms with Crippen molar-refractivity contribution in [2.45, 2.75) is 13.1 Å². The van der Waals surface area contributed by atoms with Gasteiger partial charge in [0.05, 0.1) is 17.3 Å². The first-order valence-corrected chi connectivity index (χ1v) is 6.07. The van der Waals surface area contributed by atoms with Gasteiger partial charge in [-0.2, -0.15) is 13.2 Å². The molecule has 1 aromatic carbocycles. The molecule has 1 heterocycles. The van der Waals surface area contributed by atoms with E-state index < -0.39 is 17.7 Å². The summed E-state index contributed by atoms with van der Waals surface area (Å²) in [6, 6.07) is 3.91. The van der Waals surface area contributed by atoms with Crippen LogP contribution in [0.2, 0.25) is 0 Å². The molecule has 2 rings (SSSR count). The lowest BCUT2D eigenvalue weighted by atomic mass is 10.1. The minimum absolute atomic E-state index is 0.245. The minimum atomic E-state index is -4.53. The normalized spacial score (nSPS) is 12.1. The van der Waals surface area contributed by atoms with E-state index in [2.05, 4.69) is 20.0 Å². The van der Waals surface area contributed by atoms with Crippen LogP contribution in [0.25, 0.3) is 0 Å². The number of benzene rings is 1. The Labute approximate surface area is 123 Å². The molecule has 0 fully saturated rings. The lowest BCUT2D eigenvalue weighted by Crippen LogP contribution is -2.09. The van der Waals surface area contributed by atoms with Gasteiger partial charge in [0.15, 0.2) is 0 Å². The van der Waals surface area contributed by atoms with Gasteiger partial charge in [0, 0.05) is 12.4 Å². The summed E-state index contributed by atoms with van der Waals surface area (Å²) in [5, 5.41) is 3.55. The van der Waals surface area contributed by atoms with Crippen molar-refractivity contribution in [3.8, 4) is 0 Å². The second-order valence-electron chi connectivity index (χ2n) is 4.22. The highest BCUT2D eigenvalue weighted by molar-refractivity contribution is 5.97. The van der Waals surface area contributed by atoms with Crippen LogP contribution in [0, 0.1) is 0 Å². The van der Waals surface area contributed by atoms with Crippen LogP contribution in [0.3, 0.4) is 0 Å². The van der Waals surface area contributed by atoms with Crippen molar-refractivity contribution in [3.63, 3.8) is 0 Å². The van der Waals surface area contributed by atoms with Crippen LogP contribution < -0.4 is 0 Å². The maximum atomic E-state index is 12.6. The summed E-state index contributed by atoms with van der Waals surface area (Å²) in [6.07, 6.45) is -0.222. The smallest absolute Gasteiger partial charge is 0.312 e. The standard InChI is InChI=1S/C14H10F3N3O2/c1-9(12-8-18-5-6-19-12)20-22-13(21)10-3-2-4-11(7-10)14(15,16)17/h2-8H,1H3/b20-9+. The molecule has 0 unspecified atom stereocenters. The molecule has 0 radical (unpaired) electrons. The van der Waals surface area contributed by atoms with Gasteiger partial charge in [0.1, 0.15) is 11.4 Å². The molecule has 0 aliphatic carbocycles.